The molecule has 0 fully saturated rings. The lowest BCUT2D eigenvalue weighted by atomic mass is 9.98. The standard InChI is InChI=1S/2C37H40F4N4O2S/c1-4-43(5-2)18-19-44(22-26-6-10-28(11-7-26)29-12-14-30(15-13-29)37(39,40)41)34(46)23-45-33-21-25(3)20-32(33)35(47)42-36(45)48-24-27-8-16-31(38)17-9-27;1-4-43(5-2)19-20-44(22-26-9-13-28(14-10-26)29-15-18-32(25(3)21-29)37(39,40)41)34(46)23-45-33-8-6-7-31(33)35(47)42-36(45)48-24-27-11-16-30(38)17-12-27/h6-17,25H,4-5,18-24H2,1-3H3;9-18,21H,4-8,19-20,22-24H2,1-3H3/i20D2,21D2,24D2,25D;9D,10D,13D,14D,15D,18D,21D,24D2. The van der Waals surface area contributed by atoms with Crippen LogP contribution in [0.2, 0.25) is 0 Å². The zero-order chi connectivity index (χ0) is 83.0. The molecule has 0 saturated heterocycles. The first-order valence-corrected chi connectivity index (χ1v) is 32.5. The van der Waals surface area contributed by atoms with Crippen LogP contribution in [-0.4, -0.2) is 103 Å². The van der Waals surface area contributed by atoms with E-state index in [-0.39, 0.29) is 41.5 Å². The van der Waals surface area contributed by atoms with Crippen LogP contribution in [0.15, 0.2) is 159 Å². The largest absolute Gasteiger partial charge is 0.416 e. The Morgan fingerprint density at radius 3 is 1.52 bits per heavy atom. The Morgan fingerprint density at radius 2 is 1.03 bits per heavy atom. The molecule has 0 bridgehead atoms. The van der Waals surface area contributed by atoms with E-state index < -0.39 is 183 Å². The Hall–Kier alpha value is -7.92. The monoisotopic (exact) mass is 1380 g/mol. The smallest absolute Gasteiger partial charge is 0.336 e. The van der Waals surface area contributed by atoms with Gasteiger partial charge in [0.2, 0.25) is 11.8 Å². The van der Waals surface area contributed by atoms with Crippen molar-refractivity contribution in [3.8, 4) is 22.3 Å². The first-order valence-electron chi connectivity index (χ1n) is 38.9. The maximum atomic E-state index is 14.4. The van der Waals surface area contributed by atoms with Gasteiger partial charge in [-0.1, -0.05) is 155 Å². The molecular formula is C74H80F8N8O4S2. The van der Waals surface area contributed by atoms with E-state index in [1.807, 2.05) is 32.6 Å². The molecule has 10 rings (SSSR count). The number of rotatable bonds is 26. The van der Waals surface area contributed by atoms with Gasteiger partial charge in [0, 0.05) is 85.5 Å². The quantitative estimate of drug-likeness (QED) is 0.0295. The lowest BCUT2D eigenvalue weighted by molar-refractivity contribution is -0.138. The van der Waals surface area contributed by atoms with Gasteiger partial charge in [-0.2, -0.15) is 36.3 Å². The van der Waals surface area contributed by atoms with Crippen molar-refractivity contribution in [1.29, 1.82) is 0 Å². The van der Waals surface area contributed by atoms with Crippen molar-refractivity contribution in [2.24, 2.45) is 5.89 Å². The third-order valence-electron chi connectivity index (χ3n) is 16.1. The van der Waals surface area contributed by atoms with Gasteiger partial charge in [0.15, 0.2) is 10.3 Å². The van der Waals surface area contributed by atoms with Crippen molar-refractivity contribution in [1.82, 2.24) is 38.7 Å². The topological polar surface area (TPSA) is 117 Å². The summed E-state index contributed by atoms with van der Waals surface area (Å²) in [5.41, 5.74) is -9.41. The van der Waals surface area contributed by atoms with Crippen LogP contribution in [0.4, 0.5) is 35.1 Å². The van der Waals surface area contributed by atoms with Gasteiger partial charge in [-0.15, -0.1) is 0 Å². The summed E-state index contributed by atoms with van der Waals surface area (Å²) >= 11 is 0.946. The highest BCUT2D eigenvalue weighted by atomic mass is 32.2. The average Bonchev–Trinajstić information content (AvgIpc) is 1.52. The molecule has 2 aliphatic rings. The van der Waals surface area contributed by atoms with Gasteiger partial charge in [0.05, 0.1) is 20.7 Å². The summed E-state index contributed by atoms with van der Waals surface area (Å²) in [5, 5.41) is -0.535. The molecule has 0 N–H and O–H groups in total. The number of alkyl halides is 6. The lowest BCUT2D eigenvalue weighted by Gasteiger charge is -2.28. The number of likely N-dealkylation sites (N-methyl/N-ethyl adjacent to an activating group) is 2. The highest BCUT2D eigenvalue weighted by Gasteiger charge is 2.34. The summed E-state index contributed by atoms with van der Waals surface area (Å²) in [6, 6.07) is 14.7. The number of aromatic nitrogens is 4. The molecule has 12 nitrogen and oxygen atoms in total. The minimum atomic E-state index is -5.07. The van der Waals surface area contributed by atoms with Crippen molar-refractivity contribution >= 4 is 35.3 Å². The van der Waals surface area contributed by atoms with E-state index >= 15 is 0 Å². The third-order valence-corrected chi connectivity index (χ3v) is 17.7. The minimum Gasteiger partial charge on any atom is -0.336 e. The zero-order valence-corrected chi connectivity index (χ0v) is 55.0. The first-order chi connectivity index (χ1) is 52.2. The van der Waals surface area contributed by atoms with Crippen molar-refractivity contribution < 1.29 is 66.6 Å². The second kappa shape index (κ2) is 32.9. The molecule has 8 aromatic rings. The predicted molar refractivity (Wildman–Crippen MR) is 362 cm³/mol. The fourth-order valence-electron chi connectivity index (χ4n) is 10.6. The van der Waals surface area contributed by atoms with Gasteiger partial charge in [-0.05, 0) is 164 Å². The number of benzene rings is 6. The van der Waals surface area contributed by atoms with Gasteiger partial charge < -0.3 is 28.7 Å². The second-order valence-electron chi connectivity index (χ2n) is 22.4. The van der Waals surface area contributed by atoms with Crippen LogP contribution in [0.5, 0.6) is 0 Å². The number of thioether (sulfide) groups is 2. The highest BCUT2D eigenvalue weighted by molar-refractivity contribution is 7.98. The third kappa shape index (κ3) is 19.0. The summed E-state index contributed by atoms with van der Waals surface area (Å²) in [5.74, 6) is -4.94. The molecule has 6 aromatic carbocycles. The molecule has 1 atom stereocenters. The van der Waals surface area contributed by atoms with Crippen LogP contribution in [0, 0.1) is 24.5 Å². The normalized spacial score (nSPS) is 18.1. The molecule has 508 valence electrons. The molecular weight excluding hydrogens is 1280 g/mol. The van der Waals surface area contributed by atoms with E-state index in [1.165, 1.54) is 50.8 Å². The predicted octanol–water partition coefficient (Wildman–Crippen LogP) is 15.0. The van der Waals surface area contributed by atoms with E-state index in [0.29, 0.717) is 110 Å². The molecule has 0 radical (unpaired) electrons. The summed E-state index contributed by atoms with van der Waals surface area (Å²) in [4.78, 5) is 70.5. The van der Waals surface area contributed by atoms with E-state index in [2.05, 4.69) is 14.9 Å². The van der Waals surface area contributed by atoms with Gasteiger partial charge in [0.1, 0.15) is 24.7 Å². The Labute approximate surface area is 586 Å². The summed E-state index contributed by atoms with van der Waals surface area (Å²) in [7, 11) is 0. The van der Waals surface area contributed by atoms with E-state index in [0.717, 1.165) is 54.8 Å². The highest BCUT2D eigenvalue weighted by Crippen LogP contribution is 2.36. The Kier molecular flexibility index (Phi) is 18.2. The van der Waals surface area contributed by atoms with Crippen LogP contribution in [0.3, 0.4) is 0 Å². The van der Waals surface area contributed by atoms with Crippen LogP contribution in [0.1, 0.15) is 124 Å². The van der Waals surface area contributed by atoms with E-state index in [1.54, 1.807) is 24.3 Å². The van der Waals surface area contributed by atoms with Gasteiger partial charge in [-0.25, -0.2) is 8.78 Å². The number of carbonyl (C=O) groups is 2. The second-order valence-corrected chi connectivity index (χ2v) is 24.0. The van der Waals surface area contributed by atoms with Crippen molar-refractivity contribution in [3.05, 3.63) is 233 Å². The molecule has 96 heavy (non-hydrogen) atoms. The summed E-state index contributed by atoms with van der Waals surface area (Å²) in [6.45, 7) is 11.6. The maximum absolute atomic E-state index is 14.4. The lowest BCUT2D eigenvalue weighted by Crippen LogP contribution is -2.40. The minimum absolute atomic E-state index is 0.0178. The molecule has 2 aromatic heterocycles. The van der Waals surface area contributed by atoms with Crippen molar-refractivity contribution in [3.63, 3.8) is 0 Å². The van der Waals surface area contributed by atoms with Gasteiger partial charge in [0.25, 0.3) is 11.1 Å². The Morgan fingerprint density at radius 1 is 0.573 bits per heavy atom. The molecule has 1 unspecified atom stereocenters. The fraction of sp³-hybridized carbons (Fsp3) is 0.378. The first kappa shape index (κ1) is 53.2. The molecule has 0 spiro atoms. The number of fused-ring (bicyclic) bond motifs is 2. The number of amides is 2. The number of hydrogen-bond donors (Lipinski definition) is 0. The molecule has 2 aliphatic carbocycles. The number of carbonyl (C=O) groups excluding carboxylic acids is 2. The number of hydrogen-bond acceptors (Lipinski definition) is 10. The molecule has 0 saturated carbocycles. The number of nitrogens with zero attached hydrogens (tertiary/aromatic N) is 8. The van der Waals surface area contributed by atoms with Crippen molar-refractivity contribution in [2.75, 3.05) is 52.4 Å². The van der Waals surface area contributed by atoms with Crippen LogP contribution in [0.25, 0.3) is 22.3 Å². The molecule has 22 heteroatoms. The van der Waals surface area contributed by atoms with E-state index in [4.69, 9.17) is 21.9 Å². The van der Waals surface area contributed by atoms with Gasteiger partial charge in [-0.3, -0.25) is 19.2 Å². The van der Waals surface area contributed by atoms with Gasteiger partial charge >= 0.3 is 12.4 Å². The Balaban J connectivity index is 0.000000257. The van der Waals surface area contributed by atoms with Crippen LogP contribution >= 0.6 is 23.5 Å². The average molecular weight is 1380 g/mol. The van der Waals surface area contributed by atoms with E-state index in [9.17, 15) is 54.3 Å². The summed E-state index contributed by atoms with van der Waals surface area (Å²) in [6.07, 6.45) is -13.9. The molecule has 0 aliphatic heterocycles. The fourth-order valence-corrected chi connectivity index (χ4v) is 12.1. The maximum Gasteiger partial charge on any atom is 0.416 e. The van der Waals surface area contributed by atoms with Crippen LogP contribution in [-0.2, 0) is 85.1 Å². The number of halogens is 8. The Bertz CT molecular complexity index is 4900. The SMILES string of the molecule is [2H]C([2H])(Sc1nc(=O)c2c(n1CC(=O)N(CCN(CC)CC)Cc1ccc(-c3ccc(C(F)(F)F)cc3)cc1)C([2H])([2H])C([2H])(C)C2([2H])[2H])c1ccc(F)cc1.[2H]c1c([2H])c(-c2c([2H])c([2H])c(C(F)(F)F)c(C)c2[2H])c([2H])c([2H])c1CN(CCN(CC)CC)C(=O)Cn1c(SC([2H])([2H])c2ccc(F)cc2)nc(=O)c2c1CCC2. The summed E-state index contributed by atoms with van der Waals surface area (Å²) < 4.78 is 250. The van der Waals surface area contributed by atoms with Crippen molar-refractivity contribution in [2.45, 2.75) is 134 Å². The van der Waals surface area contributed by atoms with Crippen LogP contribution < -0.4 is 11.1 Å². The molecule has 2 heterocycles. The molecule has 2 amide bonds. The zero-order valence-electron chi connectivity index (χ0n) is 69.4.